The van der Waals surface area contributed by atoms with Gasteiger partial charge in [-0.25, -0.2) is 4.98 Å². The lowest BCUT2D eigenvalue weighted by atomic mass is 10.2. The minimum atomic E-state index is -0.0340. The summed E-state index contributed by atoms with van der Waals surface area (Å²) in [4.78, 5) is 24.4. The molecule has 124 valence electrons. The van der Waals surface area contributed by atoms with Gasteiger partial charge in [0.15, 0.2) is 0 Å². The maximum Gasteiger partial charge on any atom is 0.259 e. The highest BCUT2D eigenvalue weighted by molar-refractivity contribution is 7.21. The molecule has 1 aromatic carbocycles. The van der Waals surface area contributed by atoms with E-state index in [-0.39, 0.29) is 5.56 Å². The molecule has 5 heteroatoms. The van der Waals surface area contributed by atoms with E-state index in [9.17, 15) is 4.79 Å². The molecular weight excluding hydrogens is 318 g/mol. The molecular formula is C19H21N3OS. The van der Waals surface area contributed by atoms with Gasteiger partial charge in [0.05, 0.1) is 11.9 Å². The van der Waals surface area contributed by atoms with Crippen molar-refractivity contribution in [3.8, 4) is 10.4 Å². The number of nitrogens with zero attached hydrogens (tertiary/aromatic N) is 2. The minimum Gasteiger partial charge on any atom is -0.309 e. The van der Waals surface area contributed by atoms with E-state index in [0.717, 1.165) is 21.1 Å². The van der Waals surface area contributed by atoms with E-state index >= 15 is 0 Å². The van der Waals surface area contributed by atoms with Crippen LogP contribution >= 0.6 is 11.3 Å². The van der Waals surface area contributed by atoms with Crippen LogP contribution < -0.4 is 5.56 Å². The molecule has 0 bridgehead atoms. The van der Waals surface area contributed by atoms with E-state index in [0.29, 0.717) is 18.0 Å². The van der Waals surface area contributed by atoms with E-state index < -0.39 is 0 Å². The molecule has 2 heterocycles. The maximum atomic E-state index is 12.4. The van der Waals surface area contributed by atoms with Crippen molar-refractivity contribution in [3.63, 3.8) is 0 Å². The van der Waals surface area contributed by atoms with Gasteiger partial charge in [-0.2, -0.15) is 0 Å². The summed E-state index contributed by atoms with van der Waals surface area (Å²) in [7, 11) is 2.13. The van der Waals surface area contributed by atoms with Crippen LogP contribution in [-0.2, 0) is 6.54 Å². The Kier molecular flexibility index (Phi) is 4.21. The average Bonchev–Trinajstić information content (AvgIpc) is 3.25. The Morgan fingerprint density at radius 1 is 1.25 bits per heavy atom. The monoisotopic (exact) mass is 339 g/mol. The number of hydrogen-bond donors (Lipinski definition) is 1. The van der Waals surface area contributed by atoms with Gasteiger partial charge in [0, 0.05) is 10.9 Å². The fourth-order valence-electron chi connectivity index (χ4n) is 3.51. The largest absolute Gasteiger partial charge is 0.309 e. The second-order valence-corrected chi connectivity index (χ2v) is 7.59. The van der Waals surface area contributed by atoms with Crippen molar-refractivity contribution >= 4 is 21.6 Å². The minimum absolute atomic E-state index is 0.0340. The molecule has 1 aliphatic rings. The highest BCUT2D eigenvalue weighted by Gasteiger charge is 2.20. The van der Waals surface area contributed by atoms with Gasteiger partial charge < -0.3 is 4.98 Å². The lowest BCUT2D eigenvalue weighted by Gasteiger charge is -2.23. The van der Waals surface area contributed by atoms with Crippen molar-refractivity contribution in [2.75, 3.05) is 7.05 Å². The zero-order chi connectivity index (χ0) is 16.5. The summed E-state index contributed by atoms with van der Waals surface area (Å²) in [6.45, 7) is 0.703. The van der Waals surface area contributed by atoms with Crippen LogP contribution in [0, 0.1) is 0 Å². The van der Waals surface area contributed by atoms with Gasteiger partial charge in [-0.15, -0.1) is 11.3 Å². The zero-order valence-electron chi connectivity index (χ0n) is 13.8. The summed E-state index contributed by atoms with van der Waals surface area (Å²) in [6, 6.07) is 12.7. The SMILES string of the molecule is CN(Cc1nc2sc(-c3ccccc3)cc2c(=O)[nH]1)C1CCCC1. The first-order valence-electron chi connectivity index (χ1n) is 8.49. The number of fused-ring (bicyclic) bond motifs is 1. The average molecular weight is 339 g/mol. The Morgan fingerprint density at radius 2 is 2.00 bits per heavy atom. The normalized spacial score (nSPS) is 15.6. The Labute approximate surface area is 145 Å². The van der Waals surface area contributed by atoms with Crippen LogP contribution in [0.2, 0.25) is 0 Å². The molecule has 0 spiro atoms. The third-order valence-corrected chi connectivity index (χ3v) is 5.93. The number of benzene rings is 1. The van der Waals surface area contributed by atoms with E-state index in [1.165, 1.54) is 25.7 Å². The zero-order valence-corrected chi connectivity index (χ0v) is 14.6. The smallest absolute Gasteiger partial charge is 0.259 e. The molecule has 0 radical (unpaired) electrons. The first-order chi connectivity index (χ1) is 11.7. The van der Waals surface area contributed by atoms with Crippen LogP contribution in [0.15, 0.2) is 41.2 Å². The molecule has 1 fully saturated rings. The molecule has 1 aliphatic carbocycles. The molecule has 1 N–H and O–H groups in total. The Bertz CT molecular complexity index is 894. The van der Waals surface area contributed by atoms with Crippen LogP contribution in [0.1, 0.15) is 31.5 Å². The maximum absolute atomic E-state index is 12.4. The summed E-state index contributed by atoms with van der Waals surface area (Å²) in [6.07, 6.45) is 5.12. The number of nitrogens with one attached hydrogen (secondary N) is 1. The molecule has 0 saturated heterocycles. The van der Waals surface area contributed by atoms with Crippen molar-refractivity contribution < 1.29 is 0 Å². The van der Waals surface area contributed by atoms with E-state index in [1.807, 2.05) is 24.3 Å². The molecule has 1 saturated carbocycles. The van der Waals surface area contributed by atoms with E-state index in [4.69, 9.17) is 4.98 Å². The van der Waals surface area contributed by atoms with Crippen molar-refractivity contribution in [3.05, 3.63) is 52.6 Å². The van der Waals surface area contributed by atoms with Crippen LogP contribution in [-0.4, -0.2) is 28.0 Å². The molecule has 4 nitrogen and oxygen atoms in total. The Hall–Kier alpha value is -1.98. The van der Waals surface area contributed by atoms with Gasteiger partial charge in [-0.3, -0.25) is 9.69 Å². The first-order valence-corrected chi connectivity index (χ1v) is 9.31. The van der Waals surface area contributed by atoms with Crippen molar-refractivity contribution in [1.82, 2.24) is 14.9 Å². The van der Waals surface area contributed by atoms with E-state index in [1.54, 1.807) is 11.3 Å². The molecule has 0 atom stereocenters. The van der Waals surface area contributed by atoms with Crippen LogP contribution in [0.25, 0.3) is 20.7 Å². The highest BCUT2D eigenvalue weighted by Crippen LogP contribution is 2.31. The number of thiophene rings is 1. The fourth-order valence-corrected chi connectivity index (χ4v) is 4.56. The second-order valence-electron chi connectivity index (χ2n) is 6.56. The molecule has 24 heavy (non-hydrogen) atoms. The number of aromatic amines is 1. The van der Waals surface area contributed by atoms with Gasteiger partial charge >= 0.3 is 0 Å². The van der Waals surface area contributed by atoms with Gasteiger partial charge in [-0.1, -0.05) is 43.2 Å². The summed E-state index contributed by atoms with van der Waals surface area (Å²) in [5.74, 6) is 0.767. The standard InChI is InChI=1S/C19H21N3OS/c1-22(14-9-5-6-10-14)12-17-20-18(23)15-11-16(24-19(15)21-17)13-7-3-2-4-8-13/h2-4,7-8,11,14H,5-6,9-10,12H2,1H3,(H,20,21,23). The molecule has 2 aromatic heterocycles. The predicted octanol–water partition coefficient (Wildman–Crippen LogP) is 4.03. The molecule has 0 amide bonds. The molecule has 0 aliphatic heterocycles. The van der Waals surface area contributed by atoms with Gasteiger partial charge in [0.2, 0.25) is 0 Å². The lowest BCUT2D eigenvalue weighted by molar-refractivity contribution is 0.232. The first kappa shape index (κ1) is 15.5. The quantitative estimate of drug-likeness (QED) is 0.781. The number of aromatic nitrogens is 2. The van der Waals surface area contributed by atoms with Crippen molar-refractivity contribution in [2.24, 2.45) is 0 Å². The van der Waals surface area contributed by atoms with E-state index in [2.05, 4.69) is 29.1 Å². The summed E-state index contributed by atoms with van der Waals surface area (Å²) in [5, 5.41) is 0.686. The van der Waals surface area contributed by atoms with Crippen molar-refractivity contribution in [1.29, 1.82) is 0 Å². The fraction of sp³-hybridized carbons (Fsp3) is 0.368. The topological polar surface area (TPSA) is 49.0 Å². The highest BCUT2D eigenvalue weighted by atomic mass is 32.1. The molecule has 4 rings (SSSR count). The van der Waals surface area contributed by atoms with Gasteiger partial charge in [0.25, 0.3) is 5.56 Å². The molecule has 0 unspecified atom stereocenters. The van der Waals surface area contributed by atoms with Crippen LogP contribution in [0.4, 0.5) is 0 Å². The lowest BCUT2D eigenvalue weighted by Crippen LogP contribution is -2.30. The van der Waals surface area contributed by atoms with Crippen LogP contribution in [0.3, 0.4) is 0 Å². The summed E-state index contributed by atoms with van der Waals surface area (Å²) in [5.41, 5.74) is 1.10. The van der Waals surface area contributed by atoms with Crippen molar-refractivity contribution in [2.45, 2.75) is 38.3 Å². The number of H-pyrrole nitrogens is 1. The second kappa shape index (κ2) is 6.49. The molecule has 3 aromatic rings. The van der Waals surface area contributed by atoms with Gasteiger partial charge in [-0.05, 0) is 31.5 Å². The summed E-state index contributed by atoms with van der Waals surface area (Å²) >= 11 is 1.59. The van der Waals surface area contributed by atoms with Crippen LogP contribution in [0.5, 0.6) is 0 Å². The Balaban J connectivity index is 1.65. The number of hydrogen-bond acceptors (Lipinski definition) is 4. The predicted molar refractivity (Wildman–Crippen MR) is 99.4 cm³/mol. The third kappa shape index (κ3) is 3.01. The summed E-state index contributed by atoms with van der Waals surface area (Å²) < 4.78 is 0. The number of rotatable bonds is 4. The Morgan fingerprint density at radius 3 is 2.75 bits per heavy atom. The van der Waals surface area contributed by atoms with Gasteiger partial charge in [0.1, 0.15) is 10.7 Å². The third-order valence-electron chi connectivity index (χ3n) is 4.86.